The first-order valence-corrected chi connectivity index (χ1v) is 11.0. The molecule has 0 radical (unpaired) electrons. The van der Waals surface area contributed by atoms with Crippen LogP contribution < -0.4 is 10.2 Å². The lowest BCUT2D eigenvalue weighted by atomic mass is 9.86. The minimum Gasteiger partial charge on any atom is -0.444 e. The molecule has 1 N–H and O–H groups in total. The van der Waals surface area contributed by atoms with Gasteiger partial charge in [-0.05, 0) is 45.1 Å². The van der Waals surface area contributed by atoms with E-state index in [0.717, 1.165) is 35.6 Å². The maximum Gasteiger partial charge on any atom is 0.410 e. The molecule has 0 spiro atoms. The summed E-state index contributed by atoms with van der Waals surface area (Å²) in [6.07, 6.45) is 5.84. The lowest BCUT2D eigenvalue weighted by Crippen LogP contribution is -2.41. The van der Waals surface area contributed by atoms with E-state index in [2.05, 4.69) is 16.4 Å². The minimum atomic E-state index is -0.506. The van der Waals surface area contributed by atoms with Crippen molar-refractivity contribution in [3.8, 4) is 0 Å². The lowest BCUT2D eigenvalue weighted by molar-refractivity contribution is -0.120. The van der Waals surface area contributed by atoms with Crippen molar-refractivity contribution in [2.45, 2.75) is 51.6 Å². The smallest absolute Gasteiger partial charge is 0.410 e. The number of pyridine rings is 1. The van der Waals surface area contributed by atoms with Crippen LogP contribution in [0.15, 0.2) is 30.6 Å². The molecule has 32 heavy (non-hydrogen) atoms. The molecule has 1 saturated heterocycles. The van der Waals surface area contributed by atoms with E-state index in [1.54, 1.807) is 18.1 Å². The van der Waals surface area contributed by atoms with Gasteiger partial charge in [-0.2, -0.15) is 0 Å². The summed E-state index contributed by atoms with van der Waals surface area (Å²) in [5.41, 5.74) is 1.35. The Morgan fingerprint density at radius 2 is 1.94 bits per heavy atom. The normalized spacial score (nSPS) is 14.8. The van der Waals surface area contributed by atoms with Crippen molar-refractivity contribution < 1.29 is 19.1 Å². The van der Waals surface area contributed by atoms with Crippen molar-refractivity contribution in [1.82, 2.24) is 15.2 Å². The average molecular weight is 441 g/mol. The standard InChI is InChI=1S/C24H32N4O4/c1-24(2,3)32-23(31)27-11-8-17(9-12-27)18-6-5-7-19-20(18)14-26-15-21(19)28(16-29)13-10-22(30)25-4/h5-7,14-17H,8-13H2,1-4H3,(H,25,30). The summed E-state index contributed by atoms with van der Waals surface area (Å²) in [6.45, 7) is 7.16. The zero-order valence-electron chi connectivity index (χ0n) is 19.3. The number of nitrogens with one attached hydrogen (secondary N) is 1. The molecule has 8 heteroatoms. The topological polar surface area (TPSA) is 91.8 Å². The first-order valence-electron chi connectivity index (χ1n) is 11.0. The third kappa shape index (κ3) is 5.55. The first-order chi connectivity index (χ1) is 15.2. The molecule has 0 bridgehead atoms. The monoisotopic (exact) mass is 440 g/mol. The fraction of sp³-hybridized carbons (Fsp3) is 0.500. The largest absolute Gasteiger partial charge is 0.444 e. The van der Waals surface area contributed by atoms with Crippen molar-refractivity contribution in [2.24, 2.45) is 0 Å². The number of fused-ring (bicyclic) bond motifs is 1. The van der Waals surface area contributed by atoms with E-state index in [9.17, 15) is 14.4 Å². The Labute approximate surface area is 188 Å². The zero-order valence-corrected chi connectivity index (χ0v) is 19.3. The Morgan fingerprint density at radius 1 is 1.22 bits per heavy atom. The van der Waals surface area contributed by atoms with Gasteiger partial charge in [0.15, 0.2) is 0 Å². The maximum absolute atomic E-state index is 12.4. The highest BCUT2D eigenvalue weighted by atomic mass is 16.6. The van der Waals surface area contributed by atoms with Crippen LogP contribution in [0.1, 0.15) is 51.5 Å². The summed E-state index contributed by atoms with van der Waals surface area (Å²) in [7, 11) is 1.58. The molecule has 2 heterocycles. The number of hydrogen-bond acceptors (Lipinski definition) is 5. The summed E-state index contributed by atoms with van der Waals surface area (Å²) in [4.78, 5) is 43.4. The number of hydrogen-bond donors (Lipinski definition) is 1. The second kappa shape index (κ2) is 9.97. The molecule has 1 aromatic heterocycles. The van der Waals surface area contributed by atoms with Gasteiger partial charge in [0.2, 0.25) is 12.3 Å². The summed E-state index contributed by atoms with van der Waals surface area (Å²) >= 11 is 0. The van der Waals surface area contributed by atoms with Crippen LogP contribution in [-0.2, 0) is 14.3 Å². The van der Waals surface area contributed by atoms with Gasteiger partial charge in [0.1, 0.15) is 5.60 Å². The van der Waals surface area contributed by atoms with Gasteiger partial charge < -0.3 is 19.9 Å². The summed E-state index contributed by atoms with van der Waals surface area (Å²) in [5.74, 6) is 0.160. The number of aromatic nitrogens is 1. The SMILES string of the molecule is CNC(=O)CCN(C=O)c1cncc2c(C3CCN(C(=O)OC(C)(C)C)CC3)cccc12. The lowest BCUT2D eigenvalue weighted by Gasteiger charge is -2.34. The molecule has 1 aliphatic heterocycles. The van der Waals surface area contributed by atoms with Crippen LogP contribution in [0.2, 0.25) is 0 Å². The van der Waals surface area contributed by atoms with E-state index in [4.69, 9.17) is 4.74 Å². The number of nitrogens with zero attached hydrogens (tertiary/aromatic N) is 3. The Kier molecular flexibility index (Phi) is 7.33. The first kappa shape index (κ1) is 23.5. The average Bonchev–Trinajstić information content (AvgIpc) is 2.78. The fourth-order valence-corrected chi connectivity index (χ4v) is 4.06. The predicted octanol–water partition coefficient (Wildman–Crippen LogP) is 3.45. The quantitative estimate of drug-likeness (QED) is 0.695. The second-order valence-corrected chi connectivity index (χ2v) is 9.06. The van der Waals surface area contributed by atoms with E-state index in [0.29, 0.717) is 18.8 Å². The van der Waals surface area contributed by atoms with Crippen LogP contribution in [0.5, 0.6) is 0 Å². The number of rotatable bonds is 6. The molecule has 1 fully saturated rings. The second-order valence-electron chi connectivity index (χ2n) is 9.06. The third-order valence-electron chi connectivity index (χ3n) is 5.70. The van der Waals surface area contributed by atoms with Crippen molar-refractivity contribution in [2.75, 3.05) is 31.6 Å². The molecule has 0 aliphatic carbocycles. The molecule has 0 unspecified atom stereocenters. The zero-order chi connectivity index (χ0) is 23.3. The van der Waals surface area contributed by atoms with Gasteiger partial charge in [-0.3, -0.25) is 14.6 Å². The highest BCUT2D eigenvalue weighted by Crippen LogP contribution is 2.36. The molecule has 2 aromatic rings. The van der Waals surface area contributed by atoms with Crippen LogP contribution in [0, 0.1) is 0 Å². The third-order valence-corrected chi connectivity index (χ3v) is 5.70. The van der Waals surface area contributed by atoms with Gasteiger partial charge in [0.25, 0.3) is 0 Å². The molecule has 0 saturated carbocycles. The van der Waals surface area contributed by atoms with E-state index in [1.165, 1.54) is 4.90 Å². The van der Waals surface area contributed by atoms with Crippen molar-refractivity contribution in [3.63, 3.8) is 0 Å². The summed E-state index contributed by atoms with van der Waals surface area (Å²) in [6, 6.07) is 6.06. The number of benzene rings is 1. The van der Waals surface area contributed by atoms with Crippen LogP contribution in [-0.4, -0.2) is 60.6 Å². The number of anilines is 1. The Hall–Kier alpha value is -3.16. The number of ether oxygens (including phenoxy) is 1. The van der Waals surface area contributed by atoms with Crippen molar-refractivity contribution >= 4 is 34.9 Å². The van der Waals surface area contributed by atoms with Crippen LogP contribution in [0.25, 0.3) is 10.8 Å². The van der Waals surface area contributed by atoms with Gasteiger partial charge in [0.05, 0.1) is 11.9 Å². The molecule has 1 aliphatic rings. The van der Waals surface area contributed by atoms with Crippen LogP contribution in [0.3, 0.4) is 0 Å². The van der Waals surface area contributed by atoms with Gasteiger partial charge in [0, 0.05) is 50.1 Å². The molecule has 1 aromatic carbocycles. The van der Waals surface area contributed by atoms with E-state index < -0.39 is 5.60 Å². The van der Waals surface area contributed by atoms with E-state index >= 15 is 0 Å². The number of carbonyl (C=O) groups excluding carboxylic acids is 3. The molecular formula is C24H32N4O4. The Bertz CT molecular complexity index is 978. The summed E-state index contributed by atoms with van der Waals surface area (Å²) < 4.78 is 5.50. The molecule has 3 rings (SSSR count). The van der Waals surface area contributed by atoms with Gasteiger partial charge >= 0.3 is 6.09 Å². The number of likely N-dealkylation sites (tertiary alicyclic amines) is 1. The molecule has 8 nitrogen and oxygen atoms in total. The van der Waals surface area contributed by atoms with E-state index in [-0.39, 0.29) is 30.9 Å². The highest BCUT2D eigenvalue weighted by Gasteiger charge is 2.28. The number of piperidine rings is 1. The van der Waals surface area contributed by atoms with Crippen molar-refractivity contribution in [1.29, 1.82) is 0 Å². The number of carbonyl (C=O) groups is 3. The molecular weight excluding hydrogens is 408 g/mol. The van der Waals surface area contributed by atoms with Crippen LogP contribution >= 0.6 is 0 Å². The molecule has 0 atom stereocenters. The van der Waals surface area contributed by atoms with Gasteiger partial charge in [-0.15, -0.1) is 0 Å². The Morgan fingerprint density at radius 3 is 2.56 bits per heavy atom. The predicted molar refractivity (Wildman–Crippen MR) is 124 cm³/mol. The fourth-order valence-electron chi connectivity index (χ4n) is 4.06. The molecule has 3 amide bonds. The summed E-state index contributed by atoms with van der Waals surface area (Å²) in [5, 5.41) is 4.49. The minimum absolute atomic E-state index is 0.123. The van der Waals surface area contributed by atoms with Gasteiger partial charge in [-0.25, -0.2) is 4.79 Å². The molecule has 172 valence electrons. The van der Waals surface area contributed by atoms with E-state index in [1.807, 2.05) is 39.1 Å². The highest BCUT2D eigenvalue weighted by molar-refractivity contribution is 5.99. The van der Waals surface area contributed by atoms with Crippen LogP contribution in [0.4, 0.5) is 10.5 Å². The van der Waals surface area contributed by atoms with Crippen molar-refractivity contribution in [3.05, 3.63) is 36.2 Å². The van der Waals surface area contributed by atoms with Gasteiger partial charge in [-0.1, -0.05) is 18.2 Å². The maximum atomic E-state index is 12.4. The number of amides is 3. The Balaban J connectivity index is 1.79.